The van der Waals surface area contributed by atoms with Crippen molar-refractivity contribution in [1.82, 2.24) is 9.29 Å². The van der Waals surface area contributed by atoms with E-state index in [1.807, 2.05) is 0 Å². The average molecular weight is 381 g/mol. The molecule has 0 aliphatic heterocycles. The van der Waals surface area contributed by atoms with Crippen LogP contribution >= 0.6 is 15.9 Å². The van der Waals surface area contributed by atoms with E-state index in [4.69, 9.17) is 15.7 Å². The van der Waals surface area contributed by atoms with Gasteiger partial charge in [0.05, 0.1) is 6.61 Å². The van der Waals surface area contributed by atoms with Crippen LogP contribution in [0.5, 0.6) is 0 Å². The van der Waals surface area contributed by atoms with Crippen LogP contribution in [0.15, 0.2) is 33.0 Å². The minimum atomic E-state index is -3.73. The first-order valence-corrected chi connectivity index (χ1v) is 8.21. The number of hydrogen-bond donors (Lipinski definition) is 2. The summed E-state index contributed by atoms with van der Waals surface area (Å²) in [6.07, 6.45) is 2.87. The van der Waals surface area contributed by atoms with Crippen molar-refractivity contribution in [3.63, 3.8) is 0 Å². The molecule has 0 atom stereocenters. The second-order valence-corrected chi connectivity index (χ2v) is 6.93. The molecule has 1 heterocycles. The number of amidine groups is 1. The zero-order valence-corrected chi connectivity index (χ0v) is 13.8. The van der Waals surface area contributed by atoms with E-state index < -0.39 is 10.0 Å². The number of ether oxygens (including phenoxy) is 1. The van der Waals surface area contributed by atoms with Crippen molar-refractivity contribution in [3.8, 4) is 0 Å². The van der Waals surface area contributed by atoms with Gasteiger partial charge in [-0.3, -0.25) is 4.98 Å². The van der Waals surface area contributed by atoms with Crippen LogP contribution in [-0.4, -0.2) is 55.6 Å². The fourth-order valence-corrected chi connectivity index (χ4v) is 3.45. The van der Waals surface area contributed by atoms with Gasteiger partial charge in [0.25, 0.3) is 0 Å². The summed E-state index contributed by atoms with van der Waals surface area (Å²) in [6, 6.07) is 1.46. The Morgan fingerprint density at radius 2 is 2.24 bits per heavy atom. The maximum atomic E-state index is 12.6. The highest BCUT2D eigenvalue weighted by Crippen LogP contribution is 2.18. The number of hydrogen-bond acceptors (Lipinski definition) is 6. The second-order valence-electron chi connectivity index (χ2n) is 4.08. The van der Waals surface area contributed by atoms with Crippen LogP contribution in [0.25, 0.3) is 0 Å². The van der Waals surface area contributed by atoms with Gasteiger partial charge in [-0.05, 0) is 22.0 Å². The van der Waals surface area contributed by atoms with Crippen LogP contribution in [0.2, 0.25) is 0 Å². The standard InChI is InChI=1S/C11H17BrN4O4S/c1-20-5-4-16(3-2-11(13)15-17)21(18,19)10-6-9(12)7-14-8-10/h6-8,17H,2-5H2,1H3,(H2,13,15). The monoisotopic (exact) mass is 380 g/mol. The molecule has 118 valence electrons. The smallest absolute Gasteiger partial charge is 0.244 e. The van der Waals surface area contributed by atoms with Gasteiger partial charge in [0.1, 0.15) is 10.7 Å². The summed E-state index contributed by atoms with van der Waals surface area (Å²) in [6.45, 7) is 0.467. The number of nitrogens with two attached hydrogens (primary N) is 1. The number of methoxy groups -OCH3 is 1. The maximum absolute atomic E-state index is 12.6. The van der Waals surface area contributed by atoms with Gasteiger partial charge >= 0.3 is 0 Å². The van der Waals surface area contributed by atoms with Gasteiger partial charge in [-0.2, -0.15) is 4.31 Å². The van der Waals surface area contributed by atoms with E-state index >= 15 is 0 Å². The van der Waals surface area contributed by atoms with Gasteiger partial charge in [-0.25, -0.2) is 8.42 Å². The van der Waals surface area contributed by atoms with E-state index in [2.05, 4.69) is 26.1 Å². The quantitative estimate of drug-likeness (QED) is 0.295. The molecule has 0 spiro atoms. The first-order chi connectivity index (χ1) is 9.91. The molecule has 1 rings (SSSR count). The Morgan fingerprint density at radius 3 is 2.81 bits per heavy atom. The van der Waals surface area contributed by atoms with Gasteiger partial charge < -0.3 is 15.7 Å². The summed E-state index contributed by atoms with van der Waals surface area (Å²) in [5.74, 6) is -0.0417. The zero-order chi connectivity index (χ0) is 15.9. The van der Waals surface area contributed by atoms with Gasteiger partial charge in [0.15, 0.2) is 0 Å². The number of aromatic nitrogens is 1. The Bertz CT molecular complexity index is 594. The Kier molecular flexibility index (Phi) is 7.02. The summed E-state index contributed by atoms with van der Waals surface area (Å²) in [4.78, 5) is 3.91. The third-order valence-corrected chi connectivity index (χ3v) is 4.91. The molecule has 0 aliphatic carbocycles. The lowest BCUT2D eigenvalue weighted by Gasteiger charge is -2.21. The molecule has 0 radical (unpaired) electrons. The second kappa shape index (κ2) is 8.27. The van der Waals surface area contributed by atoms with E-state index in [9.17, 15) is 8.42 Å². The maximum Gasteiger partial charge on any atom is 0.244 e. The zero-order valence-electron chi connectivity index (χ0n) is 11.4. The number of nitrogens with zero attached hydrogens (tertiary/aromatic N) is 3. The molecule has 8 nitrogen and oxygen atoms in total. The highest BCUT2D eigenvalue weighted by Gasteiger charge is 2.24. The molecule has 0 saturated heterocycles. The van der Waals surface area contributed by atoms with Crippen molar-refractivity contribution in [2.75, 3.05) is 26.8 Å². The summed E-state index contributed by atoms with van der Waals surface area (Å²) in [5, 5.41) is 11.4. The third-order valence-electron chi connectivity index (χ3n) is 2.61. The number of pyridine rings is 1. The normalized spacial score (nSPS) is 12.8. The van der Waals surface area contributed by atoms with Crippen molar-refractivity contribution in [2.24, 2.45) is 10.9 Å². The van der Waals surface area contributed by atoms with Crippen molar-refractivity contribution in [2.45, 2.75) is 11.3 Å². The third kappa shape index (κ3) is 5.23. The summed E-state index contributed by atoms with van der Waals surface area (Å²) in [5.41, 5.74) is 5.38. The van der Waals surface area contributed by atoms with Gasteiger partial charge in [-0.15, -0.1) is 0 Å². The molecule has 0 bridgehead atoms. The predicted molar refractivity (Wildman–Crippen MR) is 80.6 cm³/mol. The fraction of sp³-hybridized carbons (Fsp3) is 0.455. The largest absolute Gasteiger partial charge is 0.409 e. The lowest BCUT2D eigenvalue weighted by Crippen LogP contribution is -2.36. The van der Waals surface area contributed by atoms with Crippen LogP contribution < -0.4 is 5.73 Å². The molecule has 0 saturated carbocycles. The number of oxime groups is 1. The molecule has 0 aromatic carbocycles. The predicted octanol–water partition coefficient (Wildman–Crippen LogP) is 0.618. The Balaban J connectivity index is 2.99. The van der Waals surface area contributed by atoms with E-state index in [0.717, 1.165) is 0 Å². The molecular weight excluding hydrogens is 364 g/mol. The summed E-state index contributed by atoms with van der Waals surface area (Å²) >= 11 is 3.19. The lowest BCUT2D eigenvalue weighted by molar-refractivity contribution is 0.179. The molecule has 0 fully saturated rings. The van der Waals surface area contributed by atoms with Crippen molar-refractivity contribution in [3.05, 3.63) is 22.9 Å². The van der Waals surface area contributed by atoms with Crippen molar-refractivity contribution >= 4 is 31.8 Å². The van der Waals surface area contributed by atoms with Crippen LogP contribution in [0.3, 0.4) is 0 Å². The molecule has 10 heteroatoms. The topological polar surface area (TPSA) is 118 Å². The first kappa shape index (κ1) is 17.8. The molecule has 0 aliphatic rings. The average Bonchev–Trinajstić information content (AvgIpc) is 2.46. The molecular formula is C11H17BrN4O4S. The lowest BCUT2D eigenvalue weighted by atomic mass is 10.4. The summed E-state index contributed by atoms with van der Waals surface area (Å²) in [7, 11) is -2.25. The molecule has 0 amide bonds. The first-order valence-electron chi connectivity index (χ1n) is 5.98. The highest BCUT2D eigenvalue weighted by molar-refractivity contribution is 9.10. The van der Waals surface area contributed by atoms with E-state index in [1.54, 1.807) is 0 Å². The van der Waals surface area contributed by atoms with Crippen LogP contribution in [0.4, 0.5) is 0 Å². The number of rotatable bonds is 8. The van der Waals surface area contributed by atoms with E-state index in [-0.39, 0.29) is 36.8 Å². The highest BCUT2D eigenvalue weighted by atomic mass is 79.9. The van der Waals surface area contributed by atoms with E-state index in [1.165, 1.54) is 29.9 Å². The molecule has 1 aromatic heterocycles. The number of sulfonamides is 1. The Morgan fingerprint density at radius 1 is 1.52 bits per heavy atom. The summed E-state index contributed by atoms with van der Waals surface area (Å²) < 4.78 is 31.8. The SMILES string of the molecule is COCCN(CCC(N)=NO)S(=O)(=O)c1cncc(Br)c1. The van der Waals surface area contributed by atoms with Crippen LogP contribution in [0, 0.1) is 0 Å². The molecule has 1 aromatic rings. The minimum absolute atomic E-state index is 0.0417. The Hall–Kier alpha value is -1.23. The molecule has 21 heavy (non-hydrogen) atoms. The number of halogens is 1. The van der Waals surface area contributed by atoms with Gasteiger partial charge in [0, 0.05) is 43.5 Å². The van der Waals surface area contributed by atoms with Gasteiger partial charge in [-0.1, -0.05) is 5.16 Å². The molecule has 0 unspecified atom stereocenters. The minimum Gasteiger partial charge on any atom is -0.409 e. The fourth-order valence-electron chi connectivity index (χ4n) is 1.52. The molecule has 3 N–H and O–H groups in total. The Labute approximate surface area is 131 Å². The van der Waals surface area contributed by atoms with Gasteiger partial charge in [0.2, 0.25) is 10.0 Å². The van der Waals surface area contributed by atoms with Crippen molar-refractivity contribution < 1.29 is 18.4 Å². The van der Waals surface area contributed by atoms with Crippen molar-refractivity contribution in [1.29, 1.82) is 0 Å². The van der Waals surface area contributed by atoms with Crippen LogP contribution in [-0.2, 0) is 14.8 Å². The van der Waals surface area contributed by atoms with Crippen LogP contribution in [0.1, 0.15) is 6.42 Å². The van der Waals surface area contributed by atoms with E-state index in [0.29, 0.717) is 4.47 Å².